The van der Waals surface area contributed by atoms with E-state index in [1.54, 1.807) is 0 Å². The van der Waals surface area contributed by atoms with E-state index >= 15 is 0 Å². The maximum Gasteiger partial charge on any atom is 0.339 e. The number of rotatable bonds is 4. The molecule has 13 heavy (non-hydrogen) atoms. The zero-order valence-corrected chi connectivity index (χ0v) is 13.4. The van der Waals surface area contributed by atoms with E-state index in [4.69, 9.17) is 32.0 Å². The smallest absolute Gasteiger partial charge is 0.339 e. The molecule has 0 atom stereocenters. The molecule has 0 saturated heterocycles. The van der Waals surface area contributed by atoms with Crippen LogP contribution in [0.5, 0.6) is 0 Å². The minimum absolute atomic E-state index is 1.63. The van der Waals surface area contributed by atoms with E-state index in [9.17, 15) is 0 Å². The van der Waals surface area contributed by atoms with Crippen molar-refractivity contribution in [2.75, 3.05) is 26.7 Å². The molecule has 0 rings (SSSR count). The first kappa shape index (κ1) is 14.4. The average Bonchev–Trinajstić information content (AvgIpc) is 1.43. The van der Waals surface area contributed by atoms with Gasteiger partial charge in [0.15, 0.2) is 0 Å². The SMILES string of the molecule is C[Si](C)(OP(C)(C)=S)OP(C)(C)=S. The fourth-order valence-corrected chi connectivity index (χ4v) is 13.2. The molecule has 0 saturated carbocycles. The van der Waals surface area contributed by atoms with Gasteiger partial charge in [-0.15, -0.1) is 0 Å². The molecule has 0 aliphatic carbocycles. The van der Waals surface area contributed by atoms with Crippen molar-refractivity contribution >= 4 is 44.7 Å². The van der Waals surface area contributed by atoms with Gasteiger partial charge >= 0.3 is 8.56 Å². The Morgan fingerprint density at radius 1 is 0.846 bits per heavy atom. The monoisotopic (exact) mass is 276 g/mol. The summed E-state index contributed by atoms with van der Waals surface area (Å²) in [6.07, 6.45) is -3.26. The molecule has 0 heterocycles. The topological polar surface area (TPSA) is 18.5 Å². The second kappa shape index (κ2) is 4.52. The summed E-state index contributed by atoms with van der Waals surface area (Å²) in [6.45, 7) is 11.9. The third-order valence-electron chi connectivity index (χ3n) is 0.879. The molecule has 0 fully saturated rings. The van der Waals surface area contributed by atoms with E-state index in [1.165, 1.54) is 0 Å². The molecule has 0 amide bonds. The molecule has 0 aromatic rings. The normalized spacial score (nSPS) is 14.6. The van der Waals surface area contributed by atoms with Crippen molar-refractivity contribution < 1.29 is 8.43 Å². The lowest BCUT2D eigenvalue weighted by Crippen LogP contribution is -2.31. The average molecular weight is 276 g/mol. The van der Waals surface area contributed by atoms with E-state index in [1.807, 2.05) is 39.8 Å². The second-order valence-corrected chi connectivity index (χ2v) is 18.6. The molecular formula is C6H18O2P2S2Si. The van der Waals surface area contributed by atoms with Crippen LogP contribution in [0.3, 0.4) is 0 Å². The largest absolute Gasteiger partial charge is 0.364 e. The second-order valence-electron chi connectivity index (χ2n) is 4.09. The molecule has 0 N–H and O–H groups in total. The molecule has 0 aromatic carbocycles. The van der Waals surface area contributed by atoms with Crippen LogP contribution >= 0.6 is 12.5 Å². The third-order valence-corrected chi connectivity index (χ3v) is 9.26. The molecule has 2 nitrogen and oxygen atoms in total. The summed E-state index contributed by atoms with van der Waals surface area (Å²) in [7, 11) is -2.08. The van der Waals surface area contributed by atoms with Crippen LogP contribution in [0.25, 0.3) is 0 Å². The summed E-state index contributed by atoms with van der Waals surface area (Å²) in [6, 6.07) is 0. The van der Waals surface area contributed by atoms with Crippen LogP contribution in [0, 0.1) is 0 Å². The first-order chi connectivity index (χ1) is 5.41. The summed E-state index contributed by atoms with van der Waals surface area (Å²) in [5.74, 6) is 0. The lowest BCUT2D eigenvalue weighted by atomic mass is 11.9. The lowest BCUT2D eigenvalue weighted by Gasteiger charge is -2.30. The summed E-state index contributed by atoms with van der Waals surface area (Å²) in [5.41, 5.74) is 0. The Morgan fingerprint density at radius 2 is 1.08 bits per heavy atom. The summed E-state index contributed by atoms with van der Waals surface area (Å²) < 4.78 is 11.6. The minimum atomic E-state index is -2.08. The van der Waals surface area contributed by atoms with E-state index < -0.39 is 21.1 Å². The summed E-state index contributed by atoms with van der Waals surface area (Å²) in [4.78, 5) is 0. The predicted molar refractivity (Wildman–Crippen MR) is 71.9 cm³/mol. The van der Waals surface area contributed by atoms with Crippen molar-refractivity contribution in [2.24, 2.45) is 0 Å². The van der Waals surface area contributed by atoms with Gasteiger partial charge in [-0.1, -0.05) is 23.6 Å². The Balaban J connectivity index is 4.43. The van der Waals surface area contributed by atoms with Gasteiger partial charge in [-0.2, -0.15) is 0 Å². The molecule has 0 radical (unpaired) electrons. The van der Waals surface area contributed by atoms with Crippen LogP contribution in [0.4, 0.5) is 0 Å². The van der Waals surface area contributed by atoms with Crippen molar-refractivity contribution in [3.05, 3.63) is 0 Å². The number of hydrogen-bond donors (Lipinski definition) is 0. The van der Waals surface area contributed by atoms with Crippen LogP contribution in [-0.2, 0) is 32.0 Å². The zero-order chi connectivity index (χ0) is 10.9. The zero-order valence-electron chi connectivity index (χ0n) is 9.03. The fourth-order valence-electron chi connectivity index (χ4n) is 1.08. The Bertz CT molecular complexity index is 242. The number of hydrogen-bond acceptors (Lipinski definition) is 4. The van der Waals surface area contributed by atoms with Crippen molar-refractivity contribution in [1.82, 2.24) is 0 Å². The molecule has 0 aromatic heterocycles. The van der Waals surface area contributed by atoms with Crippen molar-refractivity contribution in [2.45, 2.75) is 13.1 Å². The minimum Gasteiger partial charge on any atom is -0.364 e. The van der Waals surface area contributed by atoms with Gasteiger partial charge in [0.05, 0.1) is 12.5 Å². The maximum absolute atomic E-state index is 5.80. The van der Waals surface area contributed by atoms with Gasteiger partial charge in [-0.3, -0.25) is 0 Å². The van der Waals surface area contributed by atoms with E-state index in [0.717, 1.165) is 0 Å². The van der Waals surface area contributed by atoms with Crippen molar-refractivity contribution in [3.63, 3.8) is 0 Å². The standard InChI is InChI=1S/C6H18O2P2S2Si/c1-9(2,11)7-13(5,6)8-10(3,4)12/h1-6H3. The van der Waals surface area contributed by atoms with Crippen LogP contribution in [0.2, 0.25) is 13.1 Å². The first-order valence-corrected chi connectivity index (χ1v) is 14.0. The van der Waals surface area contributed by atoms with Gasteiger partial charge in [0, 0.05) is 0 Å². The molecule has 0 unspecified atom stereocenters. The quantitative estimate of drug-likeness (QED) is 0.580. The molecule has 0 spiro atoms. The summed E-state index contributed by atoms with van der Waals surface area (Å²) in [5, 5.41) is 0. The molecule has 0 aliphatic rings. The lowest BCUT2D eigenvalue weighted by molar-refractivity contribution is 0.453. The van der Waals surface area contributed by atoms with Crippen LogP contribution in [0.15, 0.2) is 0 Å². The predicted octanol–water partition coefficient (Wildman–Crippen LogP) is 3.03. The Kier molecular flexibility index (Phi) is 5.02. The van der Waals surface area contributed by atoms with Gasteiger partial charge in [-0.25, -0.2) is 0 Å². The van der Waals surface area contributed by atoms with Crippen LogP contribution < -0.4 is 0 Å². The molecular weight excluding hydrogens is 258 g/mol. The highest BCUT2D eigenvalue weighted by atomic mass is 32.4. The Hall–Kier alpha value is 1.44. The highest BCUT2D eigenvalue weighted by Crippen LogP contribution is 2.48. The highest BCUT2D eigenvalue weighted by Gasteiger charge is 2.31. The van der Waals surface area contributed by atoms with Gasteiger partial charge in [-0.05, 0) is 39.8 Å². The third kappa shape index (κ3) is 9.73. The van der Waals surface area contributed by atoms with Gasteiger partial charge in [0.25, 0.3) is 0 Å². The van der Waals surface area contributed by atoms with Crippen LogP contribution in [0.1, 0.15) is 0 Å². The van der Waals surface area contributed by atoms with Crippen molar-refractivity contribution in [1.29, 1.82) is 0 Å². The highest BCUT2D eigenvalue weighted by molar-refractivity contribution is 8.12. The van der Waals surface area contributed by atoms with Gasteiger partial charge in [0.1, 0.15) is 0 Å². The molecule has 80 valence electrons. The van der Waals surface area contributed by atoms with Crippen molar-refractivity contribution in [3.8, 4) is 0 Å². The van der Waals surface area contributed by atoms with Gasteiger partial charge in [0.2, 0.25) is 0 Å². The molecule has 7 heteroatoms. The molecule has 0 bridgehead atoms. The fraction of sp³-hybridized carbons (Fsp3) is 1.00. The van der Waals surface area contributed by atoms with E-state index in [0.29, 0.717) is 0 Å². The van der Waals surface area contributed by atoms with Gasteiger partial charge < -0.3 is 8.43 Å². The van der Waals surface area contributed by atoms with E-state index in [2.05, 4.69) is 0 Å². The first-order valence-electron chi connectivity index (χ1n) is 3.93. The summed E-state index contributed by atoms with van der Waals surface area (Å²) >= 11 is 10.5. The Morgan fingerprint density at radius 3 is 1.23 bits per heavy atom. The maximum atomic E-state index is 5.80. The molecule has 0 aliphatic heterocycles. The van der Waals surface area contributed by atoms with Crippen LogP contribution in [-0.4, -0.2) is 35.2 Å². The van der Waals surface area contributed by atoms with E-state index in [-0.39, 0.29) is 0 Å². The Labute approximate surface area is 92.8 Å².